The average molecular weight is 611 g/mol. The van der Waals surface area contributed by atoms with Crippen LogP contribution in [0.5, 0.6) is 0 Å². The quantitative estimate of drug-likeness (QED) is 0.216. The molecule has 3 aromatic carbocycles. The molecule has 3 aromatic heterocycles. The first kappa shape index (κ1) is 28.5. The molecule has 1 aliphatic rings. The summed E-state index contributed by atoms with van der Waals surface area (Å²) >= 11 is 0. The number of pyridine rings is 1. The molecule has 0 saturated carbocycles. The van der Waals surface area contributed by atoms with Crippen LogP contribution in [0, 0.1) is 12.7 Å². The first-order valence-corrected chi connectivity index (χ1v) is 14.3. The van der Waals surface area contributed by atoms with E-state index >= 15 is 0 Å². The lowest BCUT2D eigenvalue weighted by Gasteiger charge is -2.17. The Balaban J connectivity index is 1.16. The maximum atomic E-state index is 14.5. The molecule has 0 bridgehead atoms. The number of fused-ring (bicyclic) bond motifs is 3. The molecule has 11 heteroatoms. The van der Waals surface area contributed by atoms with Crippen molar-refractivity contribution in [1.82, 2.24) is 24.4 Å². The molecule has 45 heavy (non-hydrogen) atoms. The molecule has 4 heterocycles. The van der Waals surface area contributed by atoms with E-state index in [2.05, 4.69) is 9.97 Å². The summed E-state index contributed by atoms with van der Waals surface area (Å²) in [5.41, 5.74) is 10.2. The fourth-order valence-corrected chi connectivity index (χ4v) is 6.14. The SMILES string of the molecule is Cc1c(Cc2ccc3ccccc3n2)c2cc(F)ccc2n1CC(=O)N1Cc2ccc(-c3cnc(N)nc3C(F)(F)F)cc2C1. The van der Waals surface area contributed by atoms with Gasteiger partial charge >= 0.3 is 6.18 Å². The van der Waals surface area contributed by atoms with Crippen LogP contribution in [0.4, 0.5) is 23.5 Å². The molecule has 0 radical (unpaired) electrons. The van der Waals surface area contributed by atoms with Crippen molar-refractivity contribution in [2.24, 2.45) is 0 Å². The number of benzene rings is 3. The molecule has 0 saturated heterocycles. The van der Waals surface area contributed by atoms with Crippen LogP contribution in [0.1, 0.15) is 33.8 Å². The normalized spacial score (nSPS) is 13.1. The second-order valence-electron chi connectivity index (χ2n) is 11.2. The van der Waals surface area contributed by atoms with E-state index in [-0.39, 0.29) is 35.9 Å². The fourth-order valence-electron chi connectivity index (χ4n) is 6.14. The van der Waals surface area contributed by atoms with Crippen LogP contribution in [0.2, 0.25) is 0 Å². The maximum absolute atomic E-state index is 14.5. The Morgan fingerprint density at radius 1 is 0.956 bits per heavy atom. The molecule has 7 rings (SSSR count). The molecule has 0 aliphatic carbocycles. The van der Waals surface area contributed by atoms with Crippen molar-refractivity contribution in [2.75, 3.05) is 5.73 Å². The zero-order chi connectivity index (χ0) is 31.5. The standard InChI is InChI=1S/C34H26F4N6O/c1-19-26(14-25-10-8-20-4-2-3-5-29(20)41-25)27-13-24(35)9-11-30(27)44(19)18-31(45)43-16-22-7-6-21(12-23(22)17-43)28-15-40-33(39)42-32(28)34(36,37)38/h2-13,15H,14,16-18H2,1H3,(H2,39,40,42). The number of nitrogens with two attached hydrogens (primary N) is 1. The summed E-state index contributed by atoms with van der Waals surface area (Å²) in [6.45, 7) is 2.49. The number of aromatic nitrogens is 4. The molecule has 6 aromatic rings. The Hall–Kier alpha value is -5.32. The number of alkyl halides is 3. The number of carbonyl (C=O) groups excluding carboxylic acids is 1. The van der Waals surface area contributed by atoms with E-state index in [0.717, 1.165) is 56.1 Å². The summed E-state index contributed by atoms with van der Waals surface area (Å²) in [5, 5.41) is 1.74. The monoisotopic (exact) mass is 610 g/mol. The van der Waals surface area contributed by atoms with Gasteiger partial charge in [0, 0.05) is 58.9 Å². The minimum absolute atomic E-state index is 0.0178. The Bertz CT molecular complexity index is 2140. The maximum Gasteiger partial charge on any atom is 0.434 e. The summed E-state index contributed by atoms with van der Waals surface area (Å²) < 4.78 is 57.4. The van der Waals surface area contributed by atoms with Crippen molar-refractivity contribution >= 4 is 33.7 Å². The molecular weight excluding hydrogens is 584 g/mol. The second-order valence-corrected chi connectivity index (χ2v) is 11.2. The van der Waals surface area contributed by atoms with Crippen LogP contribution in [0.15, 0.2) is 79.0 Å². The lowest BCUT2D eigenvalue weighted by molar-refractivity contribution is -0.140. The Morgan fingerprint density at radius 2 is 1.76 bits per heavy atom. The van der Waals surface area contributed by atoms with Crippen molar-refractivity contribution in [1.29, 1.82) is 0 Å². The van der Waals surface area contributed by atoms with Gasteiger partial charge in [-0.2, -0.15) is 13.2 Å². The van der Waals surface area contributed by atoms with E-state index in [4.69, 9.17) is 10.7 Å². The largest absolute Gasteiger partial charge is 0.434 e. The number of amides is 1. The van der Waals surface area contributed by atoms with E-state index < -0.39 is 17.8 Å². The van der Waals surface area contributed by atoms with Gasteiger partial charge in [0.05, 0.1) is 5.52 Å². The summed E-state index contributed by atoms with van der Waals surface area (Å²) in [7, 11) is 0. The van der Waals surface area contributed by atoms with Gasteiger partial charge in [-0.15, -0.1) is 0 Å². The van der Waals surface area contributed by atoms with Gasteiger partial charge in [0.1, 0.15) is 12.4 Å². The zero-order valence-corrected chi connectivity index (χ0v) is 24.1. The zero-order valence-electron chi connectivity index (χ0n) is 24.1. The number of nitrogen functional groups attached to an aromatic ring is 1. The van der Waals surface area contributed by atoms with Crippen molar-refractivity contribution in [2.45, 2.75) is 39.2 Å². The van der Waals surface area contributed by atoms with Gasteiger partial charge < -0.3 is 15.2 Å². The molecule has 1 aliphatic heterocycles. The summed E-state index contributed by atoms with van der Waals surface area (Å²) in [6.07, 6.45) is -3.18. The van der Waals surface area contributed by atoms with Crippen molar-refractivity contribution in [3.05, 3.63) is 119 Å². The molecule has 2 N–H and O–H groups in total. The highest BCUT2D eigenvalue weighted by atomic mass is 19.4. The Kier molecular flexibility index (Phi) is 6.76. The Morgan fingerprint density at radius 3 is 2.58 bits per heavy atom. The summed E-state index contributed by atoms with van der Waals surface area (Å²) in [5.74, 6) is -1.000. The first-order valence-electron chi connectivity index (χ1n) is 14.3. The molecule has 226 valence electrons. The van der Waals surface area contributed by atoms with Crippen LogP contribution in [0.3, 0.4) is 0 Å². The highest BCUT2D eigenvalue weighted by Gasteiger charge is 2.37. The average Bonchev–Trinajstić information content (AvgIpc) is 3.55. The van der Waals surface area contributed by atoms with Crippen molar-refractivity contribution in [3.63, 3.8) is 0 Å². The van der Waals surface area contributed by atoms with Gasteiger partial charge in [-0.1, -0.05) is 36.4 Å². The van der Waals surface area contributed by atoms with Crippen LogP contribution >= 0.6 is 0 Å². The molecule has 0 unspecified atom stereocenters. The minimum Gasteiger partial charge on any atom is -0.368 e. The van der Waals surface area contributed by atoms with E-state index in [1.54, 1.807) is 29.2 Å². The predicted molar refractivity (Wildman–Crippen MR) is 162 cm³/mol. The van der Waals surface area contributed by atoms with Crippen LogP contribution in [0.25, 0.3) is 32.9 Å². The number of anilines is 1. The highest BCUT2D eigenvalue weighted by molar-refractivity contribution is 5.88. The van der Waals surface area contributed by atoms with E-state index in [1.807, 2.05) is 47.9 Å². The van der Waals surface area contributed by atoms with Crippen LogP contribution in [-0.2, 0) is 37.0 Å². The fraction of sp³-hybridized carbons (Fsp3) is 0.176. The lowest BCUT2D eigenvalue weighted by Crippen LogP contribution is -2.29. The number of nitrogens with zero attached hydrogens (tertiary/aromatic N) is 5. The highest BCUT2D eigenvalue weighted by Crippen LogP contribution is 2.37. The van der Waals surface area contributed by atoms with Gasteiger partial charge in [0.2, 0.25) is 11.9 Å². The number of hydrogen-bond acceptors (Lipinski definition) is 5. The van der Waals surface area contributed by atoms with E-state index in [9.17, 15) is 22.4 Å². The topological polar surface area (TPSA) is 89.9 Å². The minimum atomic E-state index is -4.71. The number of halogens is 4. The molecule has 7 nitrogen and oxygen atoms in total. The smallest absolute Gasteiger partial charge is 0.368 e. The first-order chi connectivity index (χ1) is 21.5. The molecule has 0 atom stereocenters. The third-order valence-corrected chi connectivity index (χ3v) is 8.39. The van der Waals surface area contributed by atoms with Crippen molar-refractivity contribution < 1.29 is 22.4 Å². The third-order valence-electron chi connectivity index (χ3n) is 8.39. The van der Waals surface area contributed by atoms with E-state index in [1.165, 1.54) is 12.1 Å². The van der Waals surface area contributed by atoms with E-state index in [0.29, 0.717) is 13.0 Å². The summed E-state index contributed by atoms with van der Waals surface area (Å²) in [6, 6.07) is 21.3. The molecule has 0 fully saturated rings. The summed E-state index contributed by atoms with van der Waals surface area (Å²) in [4.78, 5) is 27.3. The lowest BCUT2D eigenvalue weighted by atomic mass is 10.0. The number of hydrogen-bond donors (Lipinski definition) is 1. The van der Waals surface area contributed by atoms with Gasteiger partial charge in [0.25, 0.3) is 0 Å². The molecule has 1 amide bonds. The van der Waals surface area contributed by atoms with Gasteiger partial charge in [0.15, 0.2) is 5.69 Å². The number of rotatable bonds is 5. The van der Waals surface area contributed by atoms with Crippen LogP contribution in [-0.4, -0.2) is 30.3 Å². The second kappa shape index (κ2) is 10.7. The van der Waals surface area contributed by atoms with Gasteiger partial charge in [-0.05, 0) is 65.6 Å². The Labute approximate surface area is 255 Å². The predicted octanol–water partition coefficient (Wildman–Crippen LogP) is 6.83. The van der Waals surface area contributed by atoms with Gasteiger partial charge in [-0.3, -0.25) is 9.78 Å². The number of carbonyl (C=O) groups is 1. The van der Waals surface area contributed by atoms with Crippen molar-refractivity contribution in [3.8, 4) is 11.1 Å². The molecule has 0 spiro atoms. The van der Waals surface area contributed by atoms with Crippen LogP contribution < -0.4 is 5.73 Å². The molecular formula is C34H26F4N6O. The number of para-hydroxylation sites is 1. The third kappa shape index (κ3) is 5.24. The van der Waals surface area contributed by atoms with Gasteiger partial charge in [-0.25, -0.2) is 14.4 Å².